The highest BCUT2D eigenvalue weighted by Gasteiger charge is 2.20. The number of aromatic nitrogens is 1. The van der Waals surface area contributed by atoms with Crippen molar-refractivity contribution in [2.24, 2.45) is 0 Å². The quantitative estimate of drug-likeness (QED) is 0.801. The van der Waals surface area contributed by atoms with Crippen molar-refractivity contribution < 1.29 is 8.42 Å². The molecule has 0 unspecified atom stereocenters. The van der Waals surface area contributed by atoms with E-state index in [0.717, 1.165) is 11.1 Å². The van der Waals surface area contributed by atoms with E-state index in [0.29, 0.717) is 5.39 Å². The average Bonchev–Trinajstić information content (AvgIpc) is 2.28. The topological polar surface area (TPSA) is 56.1 Å². The van der Waals surface area contributed by atoms with Gasteiger partial charge in [-0.2, -0.15) is 0 Å². The summed E-state index contributed by atoms with van der Waals surface area (Å²) in [5.41, 5.74) is 1.11. The van der Waals surface area contributed by atoms with Gasteiger partial charge < -0.3 is 4.57 Å². The monoisotopic (exact) mass is 299 g/mol. The average molecular weight is 300 g/mol. The van der Waals surface area contributed by atoms with Crippen LogP contribution in [0.5, 0.6) is 0 Å². The molecule has 19 heavy (non-hydrogen) atoms. The maximum atomic E-state index is 12.2. The summed E-state index contributed by atoms with van der Waals surface area (Å²) in [5.74, 6) is 0. The Bertz CT molecular complexity index is 806. The Balaban J connectivity index is 3.09. The van der Waals surface area contributed by atoms with Crippen LogP contribution in [-0.4, -0.2) is 13.0 Å². The number of fused-ring (bicyclic) bond motifs is 1. The summed E-state index contributed by atoms with van der Waals surface area (Å²) >= 11 is 0. The van der Waals surface area contributed by atoms with Crippen LogP contribution < -0.4 is 5.43 Å². The van der Waals surface area contributed by atoms with Gasteiger partial charge in [-0.1, -0.05) is 12.1 Å². The number of para-hydroxylation sites is 1. The van der Waals surface area contributed by atoms with Crippen molar-refractivity contribution in [2.75, 3.05) is 0 Å². The van der Waals surface area contributed by atoms with Crippen molar-refractivity contribution in [2.45, 2.75) is 31.7 Å². The van der Waals surface area contributed by atoms with E-state index in [4.69, 9.17) is 10.7 Å². The van der Waals surface area contributed by atoms with Gasteiger partial charge in [0.25, 0.3) is 9.05 Å². The predicted octanol–water partition coefficient (Wildman–Crippen LogP) is 2.82. The Morgan fingerprint density at radius 2 is 1.89 bits per heavy atom. The van der Waals surface area contributed by atoms with Gasteiger partial charge in [0.05, 0.1) is 5.52 Å². The fourth-order valence-corrected chi connectivity index (χ4v) is 3.05. The van der Waals surface area contributed by atoms with Gasteiger partial charge in [0.1, 0.15) is 4.90 Å². The highest BCUT2D eigenvalue weighted by Crippen LogP contribution is 2.23. The van der Waals surface area contributed by atoms with Crippen molar-refractivity contribution in [3.8, 4) is 0 Å². The molecule has 0 N–H and O–H groups in total. The molecule has 0 amide bonds. The Labute approximate surface area is 116 Å². The highest BCUT2D eigenvalue weighted by atomic mass is 35.7. The molecule has 6 heteroatoms. The summed E-state index contributed by atoms with van der Waals surface area (Å²) in [7, 11) is 1.28. The number of hydrogen-bond acceptors (Lipinski definition) is 3. The van der Waals surface area contributed by atoms with E-state index in [1.807, 2.05) is 26.8 Å². The van der Waals surface area contributed by atoms with Crippen LogP contribution in [0, 0.1) is 6.92 Å². The maximum absolute atomic E-state index is 12.2. The van der Waals surface area contributed by atoms with Crippen molar-refractivity contribution in [3.05, 3.63) is 40.2 Å². The molecule has 0 spiro atoms. The summed E-state index contributed by atoms with van der Waals surface area (Å²) < 4.78 is 24.8. The molecule has 1 heterocycles. The van der Waals surface area contributed by atoms with E-state index >= 15 is 0 Å². The first-order chi connectivity index (χ1) is 8.73. The first kappa shape index (κ1) is 14.1. The molecule has 0 atom stereocenters. The van der Waals surface area contributed by atoms with Crippen molar-refractivity contribution in [1.82, 2.24) is 4.57 Å². The van der Waals surface area contributed by atoms with E-state index in [1.54, 1.807) is 16.7 Å². The molecule has 0 fully saturated rings. The van der Waals surface area contributed by atoms with Gasteiger partial charge in [-0.3, -0.25) is 4.79 Å². The Morgan fingerprint density at radius 1 is 1.26 bits per heavy atom. The van der Waals surface area contributed by atoms with Crippen LogP contribution in [0.1, 0.15) is 25.5 Å². The summed E-state index contributed by atoms with van der Waals surface area (Å²) in [5, 5.41) is 0.371. The lowest BCUT2D eigenvalue weighted by atomic mass is 10.1. The normalized spacial score (nSPS) is 12.3. The SMILES string of the molecule is Cc1cccc2c(=O)c(S(=O)(=O)Cl)cn(C(C)C)c12. The molecule has 0 bridgehead atoms. The minimum Gasteiger partial charge on any atom is -0.343 e. The minimum atomic E-state index is -4.05. The molecule has 0 saturated carbocycles. The second-order valence-corrected chi connectivity index (χ2v) is 7.27. The summed E-state index contributed by atoms with van der Waals surface area (Å²) in [4.78, 5) is 11.9. The molecule has 0 aliphatic heterocycles. The van der Waals surface area contributed by atoms with E-state index in [1.165, 1.54) is 6.20 Å². The molecule has 2 rings (SSSR count). The first-order valence-corrected chi connectivity index (χ1v) is 8.13. The molecule has 0 saturated heterocycles. The van der Waals surface area contributed by atoms with E-state index in [2.05, 4.69) is 0 Å². The van der Waals surface area contributed by atoms with Gasteiger partial charge in [-0.05, 0) is 32.4 Å². The van der Waals surface area contributed by atoms with Crippen LogP contribution in [0.3, 0.4) is 0 Å². The Kier molecular flexibility index (Phi) is 3.45. The van der Waals surface area contributed by atoms with Crippen LogP contribution in [0.2, 0.25) is 0 Å². The number of pyridine rings is 1. The summed E-state index contributed by atoms with van der Waals surface area (Å²) in [6.07, 6.45) is 1.32. The molecule has 0 aliphatic carbocycles. The standard InChI is InChI=1S/C13H14ClNO3S/c1-8(2)15-7-11(19(14,17)18)13(16)10-6-4-5-9(3)12(10)15/h4-8H,1-3H3. The van der Waals surface area contributed by atoms with Gasteiger partial charge in [0.2, 0.25) is 5.43 Å². The lowest BCUT2D eigenvalue weighted by Gasteiger charge is -2.17. The first-order valence-electron chi connectivity index (χ1n) is 5.82. The maximum Gasteiger partial charge on any atom is 0.266 e. The predicted molar refractivity (Wildman–Crippen MR) is 76.4 cm³/mol. The molecule has 2 aromatic rings. The zero-order valence-corrected chi connectivity index (χ0v) is 12.4. The van der Waals surface area contributed by atoms with Gasteiger partial charge >= 0.3 is 0 Å². The molecule has 1 aromatic heterocycles. The molecular weight excluding hydrogens is 286 g/mol. The minimum absolute atomic E-state index is 0.0152. The van der Waals surface area contributed by atoms with Crippen LogP contribution >= 0.6 is 10.7 Å². The molecule has 1 aromatic carbocycles. The molecule has 102 valence electrons. The van der Waals surface area contributed by atoms with Gasteiger partial charge in [0.15, 0.2) is 0 Å². The third-order valence-corrected chi connectivity index (χ3v) is 4.35. The smallest absolute Gasteiger partial charge is 0.266 e. The van der Waals surface area contributed by atoms with Gasteiger partial charge in [-0.25, -0.2) is 8.42 Å². The lowest BCUT2D eigenvalue weighted by Crippen LogP contribution is -2.18. The number of benzene rings is 1. The number of aryl methyl sites for hydroxylation is 1. The number of rotatable bonds is 2. The largest absolute Gasteiger partial charge is 0.343 e. The van der Waals surface area contributed by atoms with Crippen LogP contribution in [0.15, 0.2) is 34.1 Å². The summed E-state index contributed by atoms with van der Waals surface area (Å²) in [6.45, 7) is 5.72. The van der Waals surface area contributed by atoms with E-state index in [9.17, 15) is 13.2 Å². The number of hydrogen-bond donors (Lipinski definition) is 0. The zero-order valence-electron chi connectivity index (χ0n) is 10.8. The molecule has 4 nitrogen and oxygen atoms in total. The van der Waals surface area contributed by atoms with Gasteiger partial charge in [0, 0.05) is 28.3 Å². The molecule has 0 aliphatic rings. The van der Waals surface area contributed by atoms with E-state index < -0.39 is 14.5 Å². The lowest BCUT2D eigenvalue weighted by molar-refractivity contribution is 0.594. The zero-order chi connectivity index (χ0) is 14.4. The highest BCUT2D eigenvalue weighted by molar-refractivity contribution is 8.13. The third kappa shape index (κ3) is 2.40. The van der Waals surface area contributed by atoms with Crippen molar-refractivity contribution in [1.29, 1.82) is 0 Å². The van der Waals surface area contributed by atoms with Crippen LogP contribution in [0.25, 0.3) is 10.9 Å². The Morgan fingerprint density at radius 3 is 2.42 bits per heavy atom. The fraction of sp³-hybridized carbons (Fsp3) is 0.308. The van der Waals surface area contributed by atoms with Crippen molar-refractivity contribution in [3.63, 3.8) is 0 Å². The van der Waals surface area contributed by atoms with Gasteiger partial charge in [-0.15, -0.1) is 0 Å². The molecular formula is C13H14ClNO3S. The summed E-state index contributed by atoms with van der Waals surface area (Å²) in [6, 6.07) is 5.25. The molecule has 0 radical (unpaired) electrons. The number of nitrogens with zero attached hydrogens (tertiary/aromatic N) is 1. The second-order valence-electron chi connectivity index (χ2n) is 4.73. The Hall–Kier alpha value is -1.33. The van der Waals surface area contributed by atoms with Crippen LogP contribution in [-0.2, 0) is 9.05 Å². The number of halogens is 1. The second kappa shape index (κ2) is 4.65. The fourth-order valence-electron chi connectivity index (χ4n) is 2.15. The third-order valence-electron chi connectivity index (χ3n) is 3.04. The van der Waals surface area contributed by atoms with E-state index in [-0.39, 0.29) is 10.9 Å². The van der Waals surface area contributed by atoms with Crippen LogP contribution in [0.4, 0.5) is 0 Å². The van der Waals surface area contributed by atoms with Crippen molar-refractivity contribution >= 4 is 30.6 Å².